The molecule has 0 radical (unpaired) electrons. The molecule has 0 aromatic heterocycles. The smallest absolute Gasteiger partial charge is 0.0786 e. The second-order valence-corrected chi connectivity index (χ2v) is 14.9. The number of hydrogen-bond donors (Lipinski definition) is 0. The van der Waals surface area contributed by atoms with Gasteiger partial charge in [0.1, 0.15) is 3.23 Å². The van der Waals surface area contributed by atoms with Crippen molar-refractivity contribution in [3.8, 4) is 0 Å². The Labute approximate surface area is 223 Å². The molecule has 10 heteroatoms. The molecule has 0 N–H and O–H groups in total. The molecule has 2 aromatic carbocycles. The van der Waals surface area contributed by atoms with Gasteiger partial charge in [-0.3, -0.25) is 0 Å². The standard InChI is InChI=1S/C14H2Br10/c15-3-1-2-5(10(19)8(3)17)14(23,24)6-4(7(2)16)9(18)12(21)13(22)11(6)20/h1,7H. The van der Waals surface area contributed by atoms with E-state index >= 15 is 0 Å². The van der Waals surface area contributed by atoms with E-state index in [4.69, 9.17) is 0 Å². The second kappa shape index (κ2) is 7.82. The number of benzene rings is 2. The van der Waals surface area contributed by atoms with Crippen molar-refractivity contribution in [2.24, 2.45) is 0 Å². The molecule has 3 rings (SSSR count). The normalized spacial score (nSPS) is 18.3. The van der Waals surface area contributed by atoms with Crippen molar-refractivity contribution in [2.45, 2.75) is 8.06 Å². The Kier molecular flexibility index (Phi) is 7.15. The molecule has 0 bridgehead atoms. The molecule has 1 unspecified atom stereocenters. The van der Waals surface area contributed by atoms with Gasteiger partial charge >= 0.3 is 0 Å². The lowest BCUT2D eigenvalue weighted by atomic mass is 9.85. The summed E-state index contributed by atoms with van der Waals surface area (Å²) in [5.74, 6) is 0. The number of halogens is 10. The molecule has 0 fully saturated rings. The summed E-state index contributed by atoms with van der Waals surface area (Å²) in [7, 11) is 0. The largest absolute Gasteiger partial charge is 0.133 e. The van der Waals surface area contributed by atoms with Gasteiger partial charge in [0.2, 0.25) is 0 Å². The zero-order valence-electron chi connectivity index (χ0n) is 10.9. The van der Waals surface area contributed by atoms with Gasteiger partial charge < -0.3 is 0 Å². The van der Waals surface area contributed by atoms with Gasteiger partial charge in [-0.25, -0.2) is 0 Å². The summed E-state index contributed by atoms with van der Waals surface area (Å²) >= 11 is 37.5. The van der Waals surface area contributed by atoms with Crippen LogP contribution in [0.3, 0.4) is 0 Å². The Morgan fingerprint density at radius 2 is 1.17 bits per heavy atom. The average Bonchev–Trinajstić information content (AvgIpc) is 2.51. The van der Waals surface area contributed by atoms with Crippen molar-refractivity contribution < 1.29 is 0 Å². The maximum atomic E-state index is 3.91. The highest BCUT2D eigenvalue weighted by atomic mass is 79.9. The Morgan fingerprint density at radius 1 is 0.667 bits per heavy atom. The summed E-state index contributed by atoms with van der Waals surface area (Å²) < 4.78 is 6.27. The van der Waals surface area contributed by atoms with Gasteiger partial charge in [0, 0.05) is 42.4 Å². The van der Waals surface area contributed by atoms with E-state index in [0.29, 0.717) is 0 Å². The first-order valence-electron chi connectivity index (χ1n) is 6.07. The monoisotopic (exact) mass is 959 g/mol. The van der Waals surface area contributed by atoms with Crippen molar-refractivity contribution in [1.82, 2.24) is 0 Å². The van der Waals surface area contributed by atoms with Crippen LogP contribution in [-0.2, 0) is 3.23 Å². The minimum Gasteiger partial charge on any atom is -0.0786 e. The van der Waals surface area contributed by atoms with E-state index < -0.39 is 3.23 Å². The maximum Gasteiger partial charge on any atom is 0.133 e. The third-order valence-corrected chi connectivity index (χ3v) is 14.3. The fraction of sp³-hybridized carbons (Fsp3) is 0.143. The van der Waals surface area contributed by atoms with E-state index in [1.807, 2.05) is 0 Å². The lowest BCUT2D eigenvalue weighted by Crippen LogP contribution is -2.25. The van der Waals surface area contributed by atoms with Gasteiger partial charge in [0.25, 0.3) is 0 Å². The predicted molar refractivity (Wildman–Crippen MR) is 136 cm³/mol. The zero-order valence-corrected chi connectivity index (χ0v) is 26.8. The molecule has 1 aliphatic rings. The van der Waals surface area contributed by atoms with Crippen molar-refractivity contribution in [1.29, 1.82) is 0 Å². The van der Waals surface area contributed by atoms with E-state index in [2.05, 4.69) is 165 Å². The van der Waals surface area contributed by atoms with Crippen LogP contribution in [0.15, 0.2) is 37.4 Å². The van der Waals surface area contributed by atoms with Crippen molar-refractivity contribution in [2.75, 3.05) is 0 Å². The van der Waals surface area contributed by atoms with Crippen LogP contribution in [-0.4, -0.2) is 0 Å². The van der Waals surface area contributed by atoms with Gasteiger partial charge in [0.05, 0.1) is 4.83 Å². The van der Waals surface area contributed by atoms with Crippen LogP contribution in [0.25, 0.3) is 0 Å². The van der Waals surface area contributed by atoms with Crippen molar-refractivity contribution >= 4 is 159 Å². The summed E-state index contributed by atoms with van der Waals surface area (Å²) in [6, 6.07) is 2.13. The Hall–Kier alpha value is 3.24. The second-order valence-electron chi connectivity index (χ2n) is 4.93. The fourth-order valence-electron chi connectivity index (χ4n) is 2.61. The summed E-state index contributed by atoms with van der Waals surface area (Å²) in [6.45, 7) is 0. The van der Waals surface area contributed by atoms with E-state index in [-0.39, 0.29) is 4.83 Å². The molecule has 0 nitrogen and oxygen atoms in total. The third-order valence-electron chi connectivity index (χ3n) is 3.65. The van der Waals surface area contributed by atoms with E-state index in [0.717, 1.165) is 53.6 Å². The highest BCUT2D eigenvalue weighted by Gasteiger charge is 2.45. The van der Waals surface area contributed by atoms with Crippen LogP contribution in [0.2, 0.25) is 0 Å². The van der Waals surface area contributed by atoms with Crippen molar-refractivity contribution in [3.63, 3.8) is 0 Å². The Balaban J connectivity index is 2.51. The predicted octanol–water partition coefficient (Wildman–Crippen LogP) is 10.8. The third kappa shape index (κ3) is 3.28. The van der Waals surface area contributed by atoms with Crippen LogP contribution in [0, 0.1) is 0 Å². The summed E-state index contributed by atoms with van der Waals surface area (Å²) in [4.78, 5) is 0.0153. The first-order chi connectivity index (χ1) is 11.0. The summed E-state index contributed by atoms with van der Waals surface area (Å²) in [5.41, 5.74) is 4.49. The number of alkyl halides is 3. The molecule has 128 valence electrons. The fourth-order valence-corrected chi connectivity index (χ4v) is 10.9. The Morgan fingerprint density at radius 3 is 1.75 bits per heavy atom. The van der Waals surface area contributed by atoms with Gasteiger partial charge in [-0.15, -0.1) is 0 Å². The van der Waals surface area contributed by atoms with Gasteiger partial charge in [-0.1, -0.05) is 47.8 Å². The first kappa shape index (κ1) is 21.9. The highest BCUT2D eigenvalue weighted by Crippen LogP contribution is 2.63. The molecular weight excluding hydrogens is 967 g/mol. The molecule has 2 aromatic rings. The molecular formula is C14H2Br10. The minimum absolute atomic E-state index is 0.0153. The van der Waals surface area contributed by atoms with Crippen LogP contribution in [0.5, 0.6) is 0 Å². The van der Waals surface area contributed by atoms with Crippen LogP contribution in [0.4, 0.5) is 0 Å². The van der Waals surface area contributed by atoms with Crippen LogP contribution < -0.4 is 0 Å². The molecule has 0 spiro atoms. The molecule has 0 saturated heterocycles. The molecule has 1 aliphatic carbocycles. The maximum absolute atomic E-state index is 3.91. The Bertz CT molecular complexity index is 886. The number of rotatable bonds is 0. The molecule has 1 atom stereocenters. The van der Waals surface area contributed by atoms with E-state index in [1.165, 1.54) is 0 Å². The molecule has 0 aliphatic heterocycles. The minimum atomic E-state index is -0.568. The number of fused-ring (bicyclic) bond motifs is 2. The van der Waals surface area contributed by atoms with Gasteiger partial charge in [0.15, 0.2) is 0 Å². The zero-order chi connectivity index (χ0) is 18.1. The first-order valence-corrected chi connectivity index (χ1v) is 14.1. The summed E-state index contributed by atoms with van der Waals surface area (Å²) in [5, 5.41) is 0. The molecule has 0 heterocycles. The molecule has 0 amide bonds. The van der Waals surface area contributed by atoms with Gasteiger partial charge in [-0.2, -0.15) is 0 Å². The quantitative estimate of drug-likeness (QED) is 0.140. The topological polar surface area (TPSA) is 0 Å². The van der Waals surface area contributed by atoms with E-state index in [1.54, 1.807) is 0 Å². The van der Waals surface area contributed by atoms with Crippen molar-refractivity contribution in [3.05, 3.63) is 59.6 Å². The van der Waals surface area contributed by atoms with Crippen LogP contribution >= 0.6 is 159 Å². The lowest BCUT2D eigenvalue weighted by molar-refractivity contribution is 0.928. The van der Waals surface area contributed by atoms with Gasteiger partial charge in [-0.05, 0) is 129 Å². The lowest BCUT2D eigenvalue weighted by Gasteiger charge is -2.38. The van der Waals surface area contributed by atoms with E-state index in [9.17, 15) is 0 Å². The highest BCUT2D eigenvalue weighted by molar-refractivity contribution is 9.25. The average molecular weight is 969 g/mol. The van der Waals surface area contributed by atoms with Crippen LogP contribution in [0.1, 0.15) is 27.1 Å². The summed E-state index contributed by atoms with van der Waals surface area (Å²) in [6.07, 6.45) is 0. The molecule has 0 saturated carbocycles. The SMILES string of the molecule is Brc1cc2c(c(Br)c1Br)C(Br)(Br)c1c(Br)c(Br)c(Br)c(Br)c1C2Br. The molecule has 24 heavy (non-hydrogen) atoms. The number of hydrogen-bond acceptors (Lipinski definition) is 0.